The predicted octanol–water partition coefficient (Wildman–Crippen LogP) is -2.22. The van der Waals surface area contributed by atoms with Crippen LogP contribution in [0.3, 0.4) is 0 Å². The second kappa shape index (κ2) is 51.2. The van der Waals surface area contributed by atoms with E-state index in [0.29, 0.717) is 19.3 Å². The van der Waals surface area contributed by atoms with E-state index >= 15 is 0 Å². The number of carboxylic acid groups (broad SMARTS) is 1. The number of nitrogens with one attached hydrogen (secondary N) is 3. The molecule has 5 heterocycles. The number of carbonyl (C=O) groups is 4. The molecule has 0 aromatic heterocycles. The molecule has 35 nitrogen and oxygen atoms in total. The Balaban J connectivity index is 0.0000246. The summed E-state index contributed by atoms with van der Waals surface area (Å²) in [6, 6.07) is -4.87. The highest BCUT2D eigenvalue weighted by atomic mass is 16.8. The molecular weight excluding hydrogens is 1430 g/mol. The normalized spacial score (nSPS) is 34.4. The third kappa shape index (κ3) is 29.6. The minimum absolute atomic E-state index is 0. The van der Waals surface area contributed by atoms with Crippen LogP contribution in [0.2, 0.25) is 0 Å². The fourth-order valence-electron chi connectivity index (χ4n) is 14.0. The van der Waals surface area contributed by atoms with Crippen molar-refractivity contribution in [3.63, 3.8) is 0 Å². The van der Waals surface area contributed by atoms with E-state index < -0.39 is 241 Å². The zero-order chi connectivity index (χ0) is 78.8. The third-order valence-electron chi connectivity index (χ3n) is 20.2. The Bertz CT molecular complexity index is 2550. The number of hydrogen-bond acceptors (Lipinski definition) is 31. The lowest BCUT2D eigenvalue weighted by atomic mass is 9.88. The number of aliphatic hydroxyl groups excluding tert-OH is 16. The summed E-state index contributed by atoms with van der Waals surface area (Å²) in [4.78, 5) is 52.8. The summed E-state index contributed by atoms with van der Waals surface area (Å²) in [6.07, 6.45) is -16.0. The second-order valence-electron chi connectivity index (χ2n) is 28.9. The number of ether oxygens (including phenoxy) is 10. The predicted molar refractivity (Wildman–Crippen MR) is 382 cm³/mol. The van der Waals surface area contributed by atoms with Crippen LogP contribution < -0.4 is 27.2 Å². The number of amides is 3. The van der Waals surface area contributed by atoms with Crippen LogP contribution in [-0.2, 0) is 66.5 Å². The van der Waals surface area contributed by atoms with Crippen LogP contribution in [0.1, 0.15) is 201 Å². The molecule has 0 spiro atoms. The first kappa shape index (κ1) is 96.6. The number of unbranched alkanes of at least 4 members (excludes halogenated alkanes) is 22. The van der Waals surface area contributed by atoms with E-state index in [1.165, 1.54) is 96.0 Å². The number of carbonyl (C=O) groups excluding carboxylic acids is 4. The average molecular weight is 1560 g/mol. The lowest BCUT2D eigenvalue weighted by Gasteiger charge is -2.54. The van der Waals surface area contributed by atoms with Gasteiger partial charge in [-0.3, -0.25) is 14.4 Å². The highest BCUT2D eigenvalue weighted by Crippen LogP contribution is 2.41. The molecule has 630 valence electrons. The minimum atomic E-state index is -3.49. The van der Waals surface area contributed by atoms with Crippen molar-refractivity contribution >= 4 is 23.7 Å². The molecule has 23 N–H and O–H groups in total. The fraction of sp³-hybridized carbons (Fsp3) is 0.890. The van der Waals surface area contributed by atoms with Crippen molar-refractivity contribution in [1.82, 2.24) is 22.1 Å². The molecule has 35 heteroatoms. The zero-order valence-electron chi connectivity index (χ0n) is 63.5. The maximum Gasteiger partial charge on any atom is 0.220 e. The molecule has 0 saturated carbocycles. The molecule has 0 aromatic carbocycles. The zero-order valence-corrected chi connectivity index (χ0v) is 63.5. The Labute approximate surface area is 633 Å². The Morgan fingerprint density at radius 3 is 1.50 bits per heavy atom. The summed E-state index contributed by atoms with van der Waals surface area (Å²) in [5.41, 5.74) is 0. The molecule has 28 atom stereocenters. The van der Waals surface area contributed by atoms with Gasteiger partial charge < -0.3 is 161 Å². The SMILES string of the molecule is CCCCCCCCC/C=C/CC/C=C/[C@@H](O)[C@H](CO[C@@H]1O[C@H](CO)[C@@H](O[C@@H]2O[C@H](CO)[C@H](O[C@@H]3O[C@H](CO)[C@H](O)[C@H](O[C@@H]4O[C@H](CO)[C@H](O)[C@H](O)[C@H]4O)[C@H]3NC(C)=O)[C@H](O[C@]3(C(=O)[O-])C[C@H](O)C(NC(C)=O)C([C@H](O)[C@H](O)CO)O3)[C@H]2O)[C@H](O)[C@H]1O)NC(=O)CCCCCCCCCCCCCCCCC.[NH4+]. The maximum atomic E-state index is 13.7. The molecular formula is C73H132N4O31. The van der Waals surface area contributed by atoms with Gasteiger partial charge in [-0.15, -0.1) is 0 Å². The van der Waals surface area contributed by atoms with Crippen molar-refractivity contribution in [1.29, 1.82) is 0 Å². The van der Waals surface area contributed by atoms with E-state index in [1.807, 2.05) is 0 Å². The van der Waals surface area contributed by atoms with Gasteiger partial charge in [-0.25, -0.2) is 0 Å². The summed E-state index contributed by atoms with van der Waals surface area (Å²) in [6.45, 7) is 0.198. The van der Waals surface area contributed by atoms with Crippen molar-refractivity contribution in [2.45, 2.75) is 372 Å². The van der Waals surface area contributed by atoms with Gasteiger partial charge in [0.1, 0.15) is 122 Å². The van der Waals surface area contributed by atoms with E-state index in [9.17, 15) is 106 Å². The van der Waals surface area contributed by atoms with Gasteiger partial charge in [0.25, 0.3) is 0 Å². The van der Waals surface area contributed by atoms with Crippen LogP contribution in [0.5, 0.6) is 0 Å². The van der Waals surface area contributed by atoms with Crippen molar-refractivity contribution in [2.24, 2.45) is 0 Å². The number of rotatable bonds is 51. The van der Waals surface area contributed by atoms with Crippen LogP contribution in [0.4, 0.5) is 0 Å². The van der Waals surface area contributed by atoms with Gasteiger partial charge in [-0.2, -0.15) is 0 Å². The molecule has 5 rings (SSSR count). The average Bonchev–Trinajstić information content (AvgIpc) is 0.750. The van der Waals surface area contributed by atoms with E-state index in [4.69, 9.17) is 47.4 Å². The Morgan fingerprint density at radius 1 is 0.500 bits per heavy atom. The first-order valence-corrected chi connectivity index (χ1v) is 38.7. The fourth-order valence-corrected chi connectivity index (χ4v) is 14.0. The lowest BCUT2D eigenvalue weighted by Crippen LogP contribution is -2.73. The van der Waals surface area contributed by atoms with Crippen LogP contribution in [-0.4, -0.2) is 316 Å². The summed E-state index contributed by atoms with van der Waals surface area (Å²) in [5, 5.41) is 199. The quantitative estimate of drug-likeness (QED) is 0.0226. The number of quaternary nitrogens is 1. The largest absolute Gasteiger partial charge is 0.544 e. The van der Waals surface area contributed by atoms with E-state index in [2.05, 4.69) is 41.9 Å². The summed E-state index contributed by atoms with van der Waals surface area (Å²) in [5.74, 6) is -8.12. The van der Waals surface area contributed by atoms with Crippen LogP contribution in [0.25, 0.3) is 0 Å². The van der Waals surface area contributed by atoms with Gasteiger partial charge in [-0.1, -0.05) is 167 Å². The molecule has 0 bridgehead atoms. The topological polar surface area (TPSA) is 580 Å². The molecule has 5 saturated heterocycles. The first-order valence-electron chi connectivity index (χ1n) is 38.7. The Kier molecular flexibility index (Phi) is 45.8. The van der Waals surface area contributed by atoms with E-state index in [-0.39, 0.29) is 12.6 Å². The van der Waals surface area contributed by atoms with Crippen molar-refractivity contribution in [3.8, 4) is 0 Å². The van der Waals surface area contributed by atoms with Gasteiger partial charge in [0.05, 0.1) is 63.9 Å². The Morgan fingerprint density at radius 2 is 0.954 bits per heavy atom. The molecule has 108 heavy (non-hydrogen) atoms. The van der Waals surface area contributed by atoms with Gasteiger partial charge >= 0.3 is 0 Å². The maximum absolute atomic E-state index is 13.7. The molecule has 0 radical (unpaired) electrons. The molecule has 0 aliphatic carbocycles. The van der Waals surface area contributed by atoms with Gasteiger partial charge in [0.2, 0.25) is 23.5 Å². The van der Waals surface area contributed by atoms with Crippen molar-refractivity contribution in [3.05, 3.63) is 24.3 Å². The minimum Gasteiger partial charge on any atom is -0.544 e. The lowest BCUT2D eigenvalue weighted by molar-refractivity contribution is -0.421. The smallest absolute Gasteiger partial charge is 0.220 e. The van der Waals surface area contributed by atoms with Crippen LogP contribution in [0.15, 0.2) is 24.3 Å². The molecule has 5 aliphatic heterocycles. The van der Waals surface area contributed by atoms with Crippen LogP contribution >= 0.6 is 0 Å². The van der Waals surface area contributed by atoms with E-state index in [0.717, 1.165) is 65.2 Å². The van der Waals surface area contributed by atoms with E-state index in [1.54, 1.807) is 6.08 Å². The molecule has 3 amide bonds. The van der Waals surface area contributed by atoms with Gasteiger partial charge in [0.15, 0.2) is 25.2 Å². The van der Waals surface area contributed by atoms with Crippen molar-refractivity contribution < 1.29 is 153 Å². The number of allylic oxidation sites excluding steroid dienone is 3. The summed E-state index contributed by atoms with van der Waals surface area (Å²) < 4.78 is 59.8. The third-order valence-corrected chi connectivity index (χ3v) is 20.2. The second-order valence-corrected chi connectivity index (χ2v) is 28.9. The number of carboxylic acids is 1. The van der Waals surface area contributed by atoms with Gasteiger partial charge in [0, 0.05) is 26.7 Å². The van der Waals surface area contributed by atoms with Crippen LogP contribution in [0, 0.1) is 0 Å². The highest BCUT2D eigenvalue weighted by molar-refractivity contribution is 5.76. The standard InChI is InChI=1S/C73H129N3O31.H3N/c1-5-7-9-11-13-15-17-19-20-22-24-26-28-30-32-34-52(87)76-44(45(84)33-31-29-27-25-23-21-18-16-14-12-10-8-6-2)41-98-69-61(94)59(92)63(50(39-80)101-69)103-71-62(95)67(107-73(72(96)97)35-46(85)53(74-42(3)82)66(106-73)55(88)47(86)36-77)64(51(40-81)102-71)104-68-54(75-43(4)83)65(57(90)49(38-79)99-68)105-70-60(93)58(91)56(89)48(37-78)100-70;/h23,25,31,33,44-51,53-71,77-81,84-86,88-95H,5-22,24,26-30,32,34-41H2,1-4H3,(H,74,82)(H,75,83)(H,76,87)(H,96,97);1H3/b25-23+,33-31+;/t44-,45+,46-,47+,48+,49+,50+,51+,53?,54+,55+,56-,57-,58-,59+,60+,61+,62+,63+,64-,65+,66?,67+,68-,69+,70-,71-,73-;/m0./s1. The number of hydrogen-bond donors (Lipinski definition) is 20. The summed E-state index contributed by atoms with van der Waals surface area (Å²) in [7, 11) is 0. The molecule has 0 aromatic rings. The molecule has 5 fully saturated rings. The summed E-state index contributed by atoms with van der Waals surface area (Å²) >= 11 is 0. The molecule has 5 aliphatic rings. The monoisotopic (exact) mass is 1560 g/mol. The van der Waals surface area contributed by atoms with Crippen molar-refractivity contribution in [2.75, 3.05) is 39.6 Å². The molecule has 2 unspecified atom stereocenters. The highest BCUT2D eigenvalue weighted by Gasteiger charge is 2.61. The number of aliphatic hydroxyl groups is 16. The number of aliphatic carboxylic acids is 1. The van der Waals surface area contributed by atoms with Gasteiger partial charge in [-0.05, 0) is 32.1 Å². The Hall–Kier alpha value is -3.72. The first-order chi connectivity index (χ1) is 51.3.